The largest absolute Gasteiger partial charge is 0.573 e. The van der Waals surface area contributed by atoms with Crippen LogP contribution in [0.5, 0.6) is 5.75 Å². The van der Waals surface area contributed by atoms with Gasteiger partial charge in [0.15, 0.2) is 0 Å². The topological polar surface area (TPSA) is 25.0 Å². The predicted molar refractivity (Wildman–Crippen MR) is 57.9 cm³/mol. The smallest absolute Gasteiger partial charge is 0.405 e. The molecule has 0 saturated heterocycles. The van der Waals surface area contributed by atoms with E-state index in [4.69, 9.17) is 11.6 Å². The van der Waals surface area contributed by atoms with E-state index in [1.807, 2.05) is 0 Å². The number of halogens is 4. The number of benzene rings is 1. The maximum absolute atomic E-state index is 12.2. The van der Waals surface area contributed by atoms with Crippen LogP contribution in [0.3, 0.4) is 0 Å². The minimum Gasteiger partial charge on any atom is -0.405 e. The number of ether oxygens (including phenoxy) is 1. The summed E-state index contributed by atoms with van der Waals surface area (Å²) in [6, 6.07) is 7.40. The SMILES string of the molecule is FC(F)(F)Oc1cccc(Cl)c1-c1ccc[nH]1. The van der Waals surface area contributed by atoms with E-state index in [9.17, 15) is 13.2 Å². The van der Waals surface area contributed by atoms with Crippen LogP contribution >= 0.6 is 11.6 Å². The summed E-state index contributed by atoms with van der Waals surface area (Å²) in [5.74, 6) is -0.326. The average Bonchev–Trinajstić information content (AvgIpc) is 2.68. The molecule has 1 aromatic carbocycles. The quantitative estimate of drug-likeness (QED) is 0.860. The van der Waals surface area contributed by atoms with Crippen LogP contribution in [0.15, 0.2) is 36.5 Å². The lowest BCUT2D eigenvalue weighted by Gasteiger charge is -2.13. The summed E-state index contributed by atoms with van der Waals surface area (Å²) in [6.07, 6.45) is -3.15. The molecule has 0 unspecified atom stereocenters. The van der Waals surface area contributed by atoms with Crippen molar-refractivity contribution in [2.24, 2.45) is 0 Å². The van der Waals surface area contributed by atoms with Crippen LogP contribution in [0.25, 0.3) is 11.3 Å². The van der Waals surface area contributed by atoms with Gasteiger partial charge in [0.2, 0.25) is 0 Å². The fourth-order valence-corrected chi connectivity index (χ4v) is 1.73. The van der Waals surface area contributed by atoms with Crippen LogP contribution in [-0.4, -0.2) is 11.3 Å². The highest BCUT2D eigenvalue weighted by atomic mass is 35.5. The fraction of sp³-hybridized carbons (Fsp3) is 0.0909. The molecule has 2 nitrogen and oxygen atoms in total. The second-order valence-electron chi connectivity index (χ2n) is 3.24. The zero-order valence-electron chi connectivity index (χ0n) is 8.38. The summed E-state index contributed by atoms with van der Waals surface area (Å²) in [5.41, 5.74) is 0.659. The standard InChI is InChI=1S/C11H7ClF3NO/c12-7-3-1-5-9(17-11(13,14)15)10(7)8-4-2-6-16-8/h1-6,16H. The predicted octanol–water partition coefficient (Wildman–Crippen LogP) is 4.23. The van der Waals surface area contributed by atoms with Crippen molar-refractivity contribution in [1.82, 2.24) is 4.98 Å². The van der Waals surface area contributed by atoms with Crippen molar-refractivity contribution in [2.75, 3.05) is 0 Å². The summed E-state index contributed by atoms with van der Waals surface area (Å²) in [4.78, 5) is 2.79. The van der Waals surface area contributed by atoms with E-state index in [0.717, 1.165) is 0 Å². The van der Waals surface area contributed by atoms with E-state index in [1.54, 1.807) is 18.3 Å². The van der Waals surface area contributed by atoms with Crippen molar-refractivity contribution in [3.8, 4) is 17.0 Å². The third-order valence-corrected chi connectivity index (χ3v) is 2.38. The van der Waals surface area contributed by atoms with Crippen LogP contribution < -0.4 is 4.74 Å². The molecule has 90 valence electrons. The van der Waals surface area contributed by atoms with E-state index >= 15 is 0 Å². The van der Waals surface area contributed by atoms with E-state index in [2.05, 4.69) is 9.72 Å². The summed E-state index contributed by atoms with van der Waals surface area (Å²) < 4.78 is 40.6. The van der Waals surface area contributed by atoms with Crippen LogP contribution in [0, 0.1) is 0 Å². The van der Waals surface area contributed by atoms with E-state index in [1.165, 1.54) is 18.2 Å². The van der Waals surface area contributed by atoms with Crippen molar-refractivity contribution in [3.05, 3.63) is 41.6 Å². The molecule has 1 aromatic heterocycles. The van der Waals surface area contributed by atoms with Gasteiger partial charge in [0.05, 0.1) is 16.3 Å². The zero-order valence-corrected chi connectivity index (χ0v) is 9.14. The van der Waals surface area contributed by atoms with Gasteiger partial charge < -0.3 is 9.72 Å². The van der Waals surface area contributed by atoms with Crippen molar-refractivity contribution < 1.29 is 17.9 Å². The third-order valence-electron chi connectivity index (χ3n) is 2.07. The second kappa shape index (κ2) is 4.33. The molecule has 2 aromatic rings. The van der Waals surface area contributed by atoms with Gasteiger partial charge in [-0.15, -0.1) is 13.2 Å². The number of aromatic nitrogens is 1. The maximum Gasteiger partial charge on any atom is 0.573 e. The molecule has 0 radical (unpaired) electrons. The Labute approximate surface area is 100.0 Å². The first-order chi connectivity index (χ1) is 7.97. The number of hydrogen-bond acceptors (Lipinski definition) is 1. The number of alkyl halides is 3. The molecule has 2 rings (SSSR count). The van der Waals surface area contributed by atoms with E-state index in [-0.39, 0.29) is 16.3 Å². The van der Waals surface area contributed by atoms with Gasteiger partial charge in [-0.1, -0.05) is 17.7 Å². The Morgan fingerprint density at radius 3 is 2.47 bits per heavy atom. The molecule has 0 amide bonds. The minimum absolute atomic E-state index is 0.189. The van der Waals surface area contributed by atoms with Gasteiger partial charge >= 0.3 is 6.36 Å². The van der Waals surface area contributed by atoms with Gasteiger partial charge in [0.1, 0.15) is 5.75 Å². The lowest BCUT2D eigenvalue weighted by atomic mass is 10.1. The molecule has 17 heavy (non-hydrogen) atoms. The Kier molecular flexibility index (Phi) is 3.02. The molecule has 0 spiro atoms. The van der Waals surface area contributed by atoms with Crippen molar-refractivity contribution in [3.63, 3.8) is 0 Å². The van der Waals surface area contributed by atoms with Crippen LogP contribution in [0.1, 0.15) is 0 Å². The summed E-state index contributed by atoms with van der Waals surface area (Å²) in [5, 5.41) is 0.189. The van der Waals surface area contributed by atoms with Crippen molar-refractivity contribution in [2.45, 2.75) is 6.36 Å². The first-order valence-electron chi connectivity index (χ1n) is 4.65. The Bertz CT molecular complexity index is 508. The lowest BCUT2D eigenvalue weighted by molar-refractivity contribution is -0.274. The van der Waals surface area contributed by atoms with Crippen LogP contribution in [0.4, 0.5) is 13.2 Å². The Hall–Kier alpha value is -1.62. The van der Waals surface area contributed by atoms with Gasteiger partial charge in [-0.25, -0.2) is 0 Å². The molecule has 0 aliphatic heterocycles. The number of rotatable bonds is 2. The normalized spacial score (nSPS) is 11.5. The number of hydrogen-bond donors (Lipinski definition) is 1. The van der Waals surface area contributed by atoms with Crippen molar-refractivity contribution in [1.29, 1.82) is 0 Å². The fourth-order valence-electron chi connectivity index (χ4n) is 1.46. The summed E-state index contributed by atoms with van der Waals surface area (Å²) >= 11 is 5.88. The van der Waals surface area contributed by atoms with Gasteiger partial charge in [-0.3, -0.25) is 0 Å². The summed E-state index contributed by atoms with van der Waals surface area (Å²) in [7, 11) is 0. The Morgan fingerprint density at radius 2 is 1.88 bits per heavy atom. The highest BCUT2D eigenvalue weighted by molar-refractivity contribution is 6.33. The van der Waals surface area contributed by atoms with E-state index in [0.29, 0.717) is 5.69 Å². The maximum atomic E-state index is 12.2. The minimum atomic E-state index is -4.74. The number of H-pyrrole nitrogens is 1. The molecule has 0 aliphatic carbocycles. The molecule has 0 bridgehead atoms. The molecular weight excluding hydrogens is 255 g/mol. The molecule has 0 saturated carbocycles. The Morgan fingerprint density at radius 1 is 1.12 bits per heavy atom. The molecule has 1 heterocycles. The van der Waals surface area contributed by atoms with Gasteiger partial charge in [-0.2, -0.15) is 0 Å². The summed E-state index contributed by atoms with van der Waals surface area (Å²) in [6.45, 7) is 0. The average molecular weight is 262 g/mol. The zero-order chi connectivity index (χ0) is 12.5. The van der Waals surface area contributed by atoms with E-state index < -0.39 is 6.36 Å². The first-order valence-corrected chi connectivity index (χ1v) is 5.03. The molecule has 0 aliphatic rings. The highest BCUT2D eigenvalue weighted by Gasteiger charge is 2.32. The van der Waals surface area contributed by atoms with Gasteiger partial charge in [0, 0.05) is 6.20 Å². The van der Waals surface area contributed by atoms with Gasteiger partial charge in [0.25, 0.3) is 0 Å². The molecular formula is C11H7ClF3NO. The molecule has 1 N–H and O–H groups in total. The van der Waals surface area contributed by atoms with Crippen molar-refractivity contribution >= 4 is 11.6 Å². The molecule has 0 atom stereocenters. The number of aromatic amines is 1. The monoisotopic (exact) mass is 261 g/mol. The number of nitrogens with one attached hydrogen (secondary N) is 1. The lowest BCUT2D eigenvalue weighted by Crippen LogP contribution is -2.17. The van der Waals surface area contributed by atoms with Crippen LogP contribution in [-0.2, 0) is 0 Å². The first kappa shape index (κ1) is 11.9. The third kappa shape index (κ3) is 2.74. The van der Waals surface area contributed by atoms with Gasteiger partial charge in [-0.05, 0) is 24.3 Å². The Balaban J connectivity index is 2.49. The van der Waals surface area contributed by atoms with Crippen LogP contribution in [0.2, 0.25) is 5.02 Å². The highest BCUT2D eigenvalue weighted by Crippen LogP contribution is 2.37. The molecule has 0 fully saturated rings. The molecule has 6 heteroatoms. The second-order valence-corrected chi connectivity index (χ2v) is 3.65.